The lowest BCUT2D eigenvalue weighted by Gasteiger charge is -2.11. The van der Waals surface area contributed by atoms with E-state index < -0.39 is 0 Å². The maximum atomic E-state index is 6.23. The zero-order valence-electron chi connectivity index (χ0n) is 11.4. The van der Waals surface area contributed by atoms with Crippen molar-refractivity contribution in [3.63, 3.8) is 0 Å². The average Bonchev–Trinajstić information content (AvgIpc) is 2.39. The first kappa shape index (κ1) is 15.1. The van der Waals surface area contributed by atoms with E-state index in [1.807, 2.05) is 18.2 Å². The second-order valence-corrected chi connectivity index (χ2v) is 5.58. The smallest absolute Gasteiger partial charge is 0.147 e. The molecule has 2 aromatic rings. The van der Waals surface area contributed by atoms with Crippen LogP contribution in [0.5, 0.6) is 11.5 Å². The van der Waals surface area contributed by atoms with Crippen molar-refractivity contribution in [2.75, 3.05) is 0 Å². The van der Waals surface area contributed by atoms with Crippen LogP contribution in [0.1, 0.15) is 19.4 Å². The Hall–Kier alpha value is -1.29. The lowest BCUT2D eigenvalue weighted by atomic mass is 10.2. The maximum absolute atomic E-state index is 6.23. The Morgan fingerprint density at radius 3 is 2.65 bits per heavy atom. The molecule has 1 aromatic carbocycles. The third-order valence-corrected chi connectivity index (χ3v) is 3.12. The molecular formula is C15H16Cl2N2O. The van der Waals surface area contributed by atoms with Gasteiger partial charge in [-0.3, -0.25) is 4.98 Å². The molecule has 0 aliphatic rings. The molecule has 1 N–H and O–H groups in total. The Balaban J connectivity index is 2.09. The summed E-state index contributed by atoms with van der Waals surface area (Å²) in [6.45, 7) is 4.98. The molecule has 1 aromatic heterocycles. The predicted octanol–water partition coefficient (Wildman–Crippen LogP) is 4.68. The second-order valence-electron chi connectivity index (χ2n) is 4.74. The molecule has 106 valence electrons. The SMILES string of the molecule is CC(C)NCc1ccc(Oc2cncc(Cl)c2)c(Cl)c1. The van der Waals surface area contributed by atoms with Crippen molar-refractivity contribution in [3.8, 4) is 11.5 Å². The fourth-order valence-electron chi connectivity index (χ4n) is 1.63. The van der Waals surface area contributed by atoms with E-state index in [0.29, 0.717) is 27.6 Å². The molecule has 5 heteroatoms. The van der Waals surface area contributed by atoms with Gasteiger partial charge in [-0.05, 0) is 17.7 Å². The van der Waals surface area contributed by atoms with Crippen LogP contribution in [0.25, 0.3) is 0 Å². The maximum Gasteiger partial charge on any atom is 0.147 e. The molecule has 2 rings (SSSR count). The second kappa shape index (κ2) is 6.93. The molecule has 3 nitrogen and oxygen atoms in total. The van der Waals surface area contributed by atoms with Crippen molar-refractivity contribution < 1.29 is 4.74 Å². The molecule has 0 aliphatic carbocycles. The highest BCUT2D eigenvalue weighted by atomic mass is 35.5. The van der Waals surface area contributed by atoms with Crippen molar-refractivity contribution in [2.24, 2.45) is 0 Å². The zero-order valence-corrected chi connectivity index (χ0v) is 12.9. The summed E-state index contributed by atoms with van der Waals surface area (Å²) in [5.41, 5.74) is 1.11. The number of nitrogens with zero attached hydrogens (tertiary/aromatic N) is 1. The Morgan fingerprint density at radius 1 is 1.20 bits per heavy atom. The Morgan fingerprint density at radius 2 is 2.00 bits per heavy atom. The van der Waals surface area contributed by atoms with E-state index in [2.05, 4.69) is 24.1 Å². The van der Waals surface area contributed by atoms with Gasteiger partial charge in [0.2, 0.25) is 0 Å². The molecule has 1 heterocycles. The third-order valence-electron chi connectivity index (χ3n) is 2.62. The first-order valence-corrected chi connectivity index (χ1v) is 7.10. The van der Waals surface area contributed by atoms with E-state index in [-0.39, 0.29) is 0 Å². The monoisotopic (exact) mass is 310 g/mol. The van der Waals surface area contributed by atoms with Crippen LogP contribution in [0.3, 0.4) is 0 Å². The molecule has 0 radical (unpaired) electrons. The minimum atomic E-state index is 0.433. The standard InChI is InChI=1S/C15H16Cl2N2O/c1-10(2)19-7-11-3-4-15(14(17)5-11)20-13-6-12(16)8-18-9-13/h3-6,8-10,19H,7H2,1-2H3. The number of pyridine rings is 1. The Kier molecular flexibility index (Phi) is 5.24. The van der Waals surface area contributed by atoms with Crippen molar-refractivity contribution >= 4 is 23.2 Å². The fourth-order valence-corrected chi connectivity index (χ4v) is 2.04. The number of hydrogen-bond donors (Lipinski definition) is 1. The number of hydrogen-bond acceptors (Lipinski definition) is 3. The lowest BCUT2D eigenvalue weighted by molar-refractivity contribution is 0.480. The molecular weight excluding hydrogens is 295 g/mol. The summed E-state index contributed by atoms with van der Waals surface area (Å²) in [6.07, 6.45) is 3.15. The highest BCUT2D eigenvalue weighted by molar-refractivity contribution is 6.32. The van der Waals surface area contributed by atoms with Gasteiger partial charge in [0, 0.05) is 24.8 Å². The summed E-state index contributed by atoms with van der Waals surface area (Å²) in [6, 6.07) is 7.85. The molecule has 0 unspecified atom stereocenters. The highest BCUT2D eigenvalue weighted by Crippen LogP contribution is 2.30. The number of nitrogens with one attached hydrogen (secondary N) is 1. The first-order chi connectivity index (χ1) is 9.54. The van der Waals surface area contributed by atoms with E-state index >= 15 is 0 Å². The molecule has 0 atom stereocenters. The van der Waals surface area contributed by atoms with Crippen LogP contribution in [0.15, 0.2) is 36.7 Å². The summed E-state index contributed by atoms with van der Waals surface area (Å²) in [4.78, 5) is 3.97. The Bertz CT molecular complexity index is 588. The minimum absolute atomic E-state index is 0.433. The van der Waals surface area contributed by atoms with Gasteiger partial charge in [0.25, 0.3) is 0 Å². The number of benzene rings is 1. The van der Waals surface area contributed by atoms with Gasteiger partial charge in [-0.1, -0.05) is 43.1 Å². The molecule has 20 heavy (non-hydrogen) atoms. The van der Waals surface area contributed by atoms with E-state index in [9.17, 15) is 0 Å². The number of aromatic nitrogens is 1. The van der Waals surface area contributed by atoms with Crippen LogP contribution in [0.2, 0.25) is 10.0 Å². The Labute approximate surface area is 128 Å². The van der Waals surface area contributed by atoms with Crippen molar-refractivity contribution in [2.45, 2.75) is 26.4 Å². The minimum Gasteiger partial charge on any atom is -0.454 e. The van der Waals surface area contributed by atoms with Gasteiger partial charge >= 0.3 is 0 Å². The van der Waals surface area contributed by atoms with Crippen molar-refractivity contribution in [1.29, 1.82) is 0 Å². The molecule has 0 aliphatic heterocycles. The van der Waals surface area contributed by atoms with Crippen LogP contribution in [-0.2, 0) is 6.54 Å². The lowest BCUT2D eigenvalue weighted by Crippen LogP contribution is -2.21. The van der Waals surface area contributed by atoms with Crippen molar-refractivity contribution in [3.05, 3.63) is 52.3 Å². The molecule has 0 saturated heterocycles. The number of ether oxygens (including phenoxy) is 1. The van der Waals surface area contributed by atoms with E-state index in [1.165, 1.54) is 0 Å². The van der Waals surface area contributed by atoms with Gasteiger partial charge in [0.15, 0.2) is 0 Å². The summed E-state index contributed by atoms with van der Waals surface area (Å²) in [7, 11) is 0. The van der Waals surface area contributed by atoms with Crippen LogP contribution in [0, 0.1) is 0 Å². The van der Waals surface area contributed by atoms with Gasteiger partial charge < -0.3 is 10.1 Å². The summed E-state index contributed by atoms with van der Waals surface area (Å²) < 4.78 is 5.67. The van der Waals surface area contributed by atoms with Gasteiger partial charge in [-0.25, -0.2) is 0 Å². The van der Waals surface area contributed by atoms with E-state index in [1.54, 1.807) is 18.5 Å². The molecule has 0 amide bonds. The summed E-state index contributed by atoms with van der Waals surface area (Å²) in [5, 5.41) is 4.43. The van der Waals surface area contributed by atoms with Gasteiger partial charge in [-0.15, -0.1) is 0 Å². The fraction of sp³-hybridized carbons (Fsp3) is 0.267. The normalized spacial score (nSPS) is 10.8. The topological polar surface area (TPSA) is 34.1 Å². The van der Waals surface area contributed by atoms with Crippen molar-refractivity contribution in [1.82, 2.24) is 10.3 Å². The predicted molar refractivity (Wildman–Crippen MR) is 82.7 cm³/mol. The van der Waals surface area contributed by atoms with E-state index in [4.69, 9.17) is 27.9 Å². The summed E-state index contributed by atoms with van der Waals surface area (Å²) in [5.74, 6) is 1.15. The van der Waals surface area contributed by atoms with Crippen LogP contribution in [-0.4, -0.2) is 11.0 Å². The largest absolute Gasteiger partial charge is 0.454 e. The highest BCUT2D eigenvalue weighted by Gasteiger charge is 2.06. The molecule has 0 spiro atoms. The molecule has 0 fully saturated rings. The number of rotatable bonds is 5. The third kappa shape index (κ3) is 4.37. The van der Waals surface area contributed by atoms with Crippen LogP contribution in [0.4, 0.5) is 0 Å². The zero-order chi connectivity index (χ0) is 14.5. The van der Waals surface area contributed by atoms with Crippen LogP contribution < -0.4 is 10.1 Å². The van der Waals surface area contributed by atoms with Gasteiger partial charge in [0.1, 0.15) is 11.5 Å². The summed E-state index contributed by atoms with van der Waals surface area (Å²) >= 11 is 12.1. The van der Waals surface area contributed by atoms with E-state index in [0.717, 1.165) is 12.1 Å². The van der Waals surface area contributed by atoms with Crippen LogP contribution >= 0.6 is 23.2 Å². The molecule has 0 bridgehead atoms. The van der Waals surface area contributed by atoms with Gasteiger partial charge in [0.05, 0.1) is 16.2 Å². The van der Waals surface area contributed by atoms with Gasteiger partial charge in [-0.2, -0.15) is 0 Å². The average molecular weight is 311 g/mol. The first-order valence-electron chi connectivity index (χ1n) is 6.35. The quantitative estimate of drug-likeness (QED) is 0.870. The molecule has 0 saturated carbocycles. The number of halogens is 2.